The number of benzene rings is 1. The van der Waals surface area contributed by atoms with Crippen LogP contribution >= 0.6 is 0 Å². The highest BCUT2D eigenvalue weighted by molar-refractivity contribution is 5.75. The molecular formula is C15H21N3O. The van der Waals surface area contributed by atoms with Crippen molar-refractivity contribution >= 4 is 0 Å². The van der Waals surface area contributed by atoms with Gasteiger partial charge in [-0.1, -0.05) is 6.07 Å². The second-order valence-electron chi connectivity index (χ2n) is 4.85. The third kappa shape index (κ3) is 2.63. The molecule has 0 spiro atoms. The van der Waals surface area contributed by atoms with E-state index in [1.54, 1.807) is 7.11 Å². The summed E-state index contributed by atoms with van der Waals surface area (Å²) in [5.74, 6) is 0.905. The zero-order valence-corrected chi connectivity index (χ0v) is 12.2. The normalized spacial score (nSPS) is 10.8. The smallest absolute Gasteiger partial charge is 0.127 e. The summed E-state index contributed by atoms with van der Waals surface area (Å²) in [6, 6.07) is 4.24. The van der Waals surface area contributed by atoms with Crippen molar-refractivity contribution in [2.24, 2.45) is 7.05 Å². The van der Waals surface area contributed by atoms with Gasteiger partial charge in [-0.2, -0.15) is 5.10 Å². The molecule has 1 heterocycles. The summed E-state index contributed by atoms with van der Waals surface area (Å²) in [5, 5.41) is 7.67. The van der Waals surface area contributed by atoms with Crippen molar-refractivity contribution in [2.45, 2.75) is 20.4 Å². The lowest BCUT2D eigenvalue weighted by atomic mass is 9.97. The maximum absolute atomic E-state index is 5.55. The second-order valence-corrected chi connectivity index (χ2v) is 4.85. The van der Waals surface area contributed by atoms with Crippen LogP contribution in [0.3, 0.4) is 0 Å². The van der Waals surface area contributed by atoms with Crippen molar-refractivity contribution in [3.63, 3.8) is 0 Å². The van der Waals surface area contributed by atoms with Crippen molar-refractivity contribution < 1.29 is 4.74 Å². The molecule has 1 aromatic heterocycles. The molecule has 0 aliphatic heterocycles. The lowest BCUT2D eigenvalue weighted by molar-refractivity contribution is 0.416. The van der Waals surface area contributed by atoms with Gasteiger partial charge in [0.2, 0.25) is 0 Å². The predicted octanol–water partition coefficient (Wildman–Crippen LogP) is 2.43. The monoisotopic (exact) mass is 259 g/mol. The Morgan fingerprint density at radius 3 is 2.68 bits per heavy atom. The number of rotatable bonds is 4. The molecule has 0 saturated carbocycles. The van der Waals surface area contributed by atoms with E-state index in [0.717, 1.165) is 29.1 Å². The first-order valence-electron chi connectivity index (χ1n) is 6.39. The maximum Gasteiger partial charge on any atom is 0.127 e. The van der Waals surface area contributed by atoms with E-state index in [2.05, 4.69) is 36.4 Å². The summed E-state index contributed by atoms with van der Waals surface area (Å²) < 4.78 is 7.39. The molecule has 0 amide bonds. The molecule has 1 N–H and O–H groups in total. The number of aromatic nitrogens is 2. The van der Waals surface area contributed by atoms with Crippen molar-refractivity contribution in [3.05, 3.63) is 35.2 Å². The van der Waals surface area contributed by atoms with Gasteiger partial charge in [-0.05, 0) is 38.1 Å². The van der Waals surface area contributed by atoms with E-state index in [-0.39, 0.29) is 0 Å². The van der Waals surface area contributed by atoms with E-state index in [4.69, 9.17) is 4.74 Å². The molecule has 0 radical (unpaired) electrons. The Bertz CT molecular complexity index is 587. The fraction of sp³-hybridized carbons (Fsp3) is 0.400. The third-order valence-electron chi connectivity index (χ3n) is 3.18. The van der Waals surface area contributed by atoms with Crippen LogP contribution in [0.2, 0.25) is 0 Å². The number of hydrogen-bond acceptors (Lipinski definition) is 3. The molecule has 0 atom stereocenters. The second kappa shape index (κ2) is 5.45. The minimum atomic E-state index is 0.743. The molecule has 0 bridgehead atoms. The average Bonchev–Trinajstić information content (AvgIpc) is 2.69. The minimum absolute atomic E-state index is 0.743. The molecule has 1 aromatic carbocycles. The zero-order valence-electron chi connectivity index (χ0n) is 12.2. The Hall–Kier alpha value is -1.81. The Balaban J connectivity index is 2.64. The summed E-state index contributed by atoms with van der Waals surface area (Å²) in [7, 11) is 5.59. The van der Waals surface area contributed by atoms with Gasteiger partial charge >= 0.3 is 0 Å². The van der Waals surface area contributed by atoms with Crippen LogP contribution in [-0.4, -0.2) is 23.9 Å². The van der Waals surface area contributed by atoms with Gasteiger partial charge in [-0.25, -0.2) is 0 Å². The summed E-state index contributed by atoms with van der Waals surface area (Å²) in [4.78, 5) is 0. The summed E-state index contributed by atoms with van der Waals surface area (Å²) in [5.41, 5.74) is 5.72. The largest absolute Gasteiger partial charge is 0.496 e. The van der Waals surface area contributed by atoms with Crippen molar-refractivity contribution in [2.75, 3.05) is 14.2 Å². The lowest BCUT2D eigenvalue weighted by Gasteiger charge is -2.13. The molecule has 19 heavy (non-hydrogen) atoms. The SMILES string of the molecule is CNCc1nn(C)cc1-c1c(C)cc(C)cc1OC. The molecular weight excluding hydrogens is 238 g/mol. The Labute approximate surface area is 114 Å². The highest BCUT2D eigenvalue weighted by Gasteiger charge is 2.16. The van der Waals surface area contributed by atoms with Crippen LogP contribution in [0.1, 0.15) is 16.8 Å². The van der Waals surface area contributed by atoms with E-state index in [1.165, 1.54) is 11.1 Å². The molecule has 0 aliphatic rings. The summed E-state index contributed by atoms with van der Waals surface area (Å²) in [6.07, 6.45) is 2.05. The Morgan fingerprint density at radius 1 is 1.32 bits per heavy atom. The van der Waals surface area contributed by atoms with Gasteiger partial charge in [0, 0.05) is 30.9 Å². The van der Waals surface area contributed by atoms with Crippen LogP contribution in [-0.2, 0) is 13.6 Å². The van der Waals surface area contributed by atoms with Crippen LogP contribution in [0.15, 0.2) is 18.3 Å². The zero-order chi connectivity index (χ0) is 14.0. The van der Waals surface area contributed by atoms with E-state index in [1.807, 2.05) is 25.0 Å². The lowest BCUT2D eigenvalue weighted by Crippen LogP contribution is -2.07. The fourth-order valence-corrected chi connectivity index (χ4v) is 2.48. The first kappa shape index (κ1) is 13.6. The Morgan fingerprint density at radius 2 is 2.05 bits per heavy atom. The number of methoxy groups -OCH3 is 1. The molecule has 4 nitrogen and oxygen atoms in total. The molecule has 0 fully saturated rings. The first-order valence-corrected chi connectivity index (χ1v) is 6.39. The Kier molecular flexibility index (Phi) is 3.90. The molecule has 2 rings (SSSR count). The topological polar surface area (TPSA) is 39.1 Å². The first-order chi connectivity index (χ1) is 9.06. The summed E-state index contributed by atoms with van der Waals surface area (Å²) in [6.45, 7) is 4.94. The van der Waals surface area contributed by atoms with Gasteiger partial charge in [0.25, 0.3) is 0 Å². The molecule has 0 saturated heterocycles. The molecule has 102 valence electrons. The van der Waals surface area contributed by atoms with Crippen molar-refractivity contribution in [1.29, 1.82) is 0 Å². The predicted molar refractivity (Wildman–Crippen MR) is 77.4 cm³/mol. The van der Waals surface area contributed by atoms with Crippen molar-refractivity contribution in [1.82, 2.24) is 15.1 Å². The number of aryl methyl sites for hydroxylation is 3. The van der Waals surface area contributed by atoms with E-state index >= 15 is 0 Å². The molecule has 0 aliphatic carbocycles. The van der Waals surface area contributed by atoms with Gasteiger partial charge in [0.15, 0.2) is 0 Å². The van der Waals surface area contributed by atoms with Crippen LogP contribution in [0.5, 0.6) is 5.75 Å². The molecule has 0 unspecified atom stereocenters. The highest BCUT2D eigenvalue weighted by Crippen LogP contribution is 2.35. The standard InChI is InChI=1S/C15H21N3O/c1-10-6-11(2)15(14(7-10)19-5)12-9-18(4)17-13(12)8-16-3/h6-7,9,16H,8H2,1-5H3. The van der Waals surface area contributed by atoms with E-state index in [0.29, 0.717) is 0 Å². The molecule has 2 aromatic rings. The number of ether oxygens (including phenoxy) is 1. The van der Waals surface area contributed by atoms with Gasteiger partial charge < -0.3 is 10.1 Å². The minimum Gasteiger partial charge on any atom is -0.496 e. The third-order valence-corrected chi connectivity index (χ3v) is 3.18. The van der Waals surface area contributed by atoms with E-state index in [9.17, 15) is 0 Å². The molecule has 4 heteroatoms. The highest BCUT2D eigenvalue weighted by atomic mass is 16.5. The fourth-order valence-electron chi connectivity index (χ4n) is 2.48. The van der Waals surface area contributed by atoms with Gasteiger partial charge in [-0.15, -0.1) is 0 Å². The van der Waals surface area contributed by atoms with Crippen molar-refractivity contribution in [3.8, 4) is 16.9 Å². The van der Waals surface area contributed by atoms with Crippen LogP contribution in [0, 0.1) is 13.8 Å². The van der Waals surface area contributed by atoms with Crippen LogP contribution in [0.4, 0.5) is 0 Å². The number of nitrogens with one attached hydrogen (secondary N) is 1. The summed E-state index contributed by atoms with van der Waals surface area (Å²) >= 11 is 0. The quantitative estimate of drug-likeness (QED) is 0.916. The van der Waals surface area contributed by atoms with Gasteiger partial charge in [-0.3, -0.25) is 4.68 Å². The van der Waals surface area contributed by atoms with Crippen LogP contribution < -0.4 is 10.1 Å². The maximum atomic E-state index is 5.55. The van der Waals surface area contributed by atoms with Gasteiger partial charge in [0.05, 0.1) is 12.8 Å². The van der Waals surface area contributed by atoms with E-state index < -0.39 is 0 Å². The number of nitrogens with zero attached hydrogens (tertiary/aromatic N) is 2. The number of hydrogen-bond donors (Lipinski definition) is 1. The van der Waals surface area contributed by atoms with Gasteiger partial charge in [0.1, 0.15) is 5.75 Å². The average molecular weight is 259 g/mol. The van der Waals surface area contributed by atoms with Crippen LogP contribution in [0.25, 0.3) is 11.1 Å².